The summed E-state index contributed by atoms with van der Waals surface area (Å²) < 4.78 is 22.5. The molecule has 0 aliphatic carbocycles. The van der Waals surface area contributed by atoms with Gasteiger partial charge in [-0.2, -0.15) is 0 Å². The summed E-state index contributed by atoms with van der Waals surface area (Å²) in [7, 11) is 0. The van der Waals surface area contributed by atoms with E-state index < -0.39 is 6.10 Å². The zero-order valence-corrected chi connectivity index (χ0v) is 15.0. The van der Waals surface area contributed by atoms with E-state index in [1.807, 2.05) is 50.2 Å². The Morgan fingerprint density at radius 2 is 1.81 bits per heavy atom. The van der Waals surface area contributed by atoms with Gasteiger partial charge in [-0.05, 0) is 43.7 Å². The average molecular weight is 357 g/mol. The van der Waals surface area contributed by atoms with E-state index in [1.54, 1.807) is 6.07 Å². The van der Waals surface area contributed by atoms with Crippen molar-refractivity contribution >= 4 is 5.91 Å². The van der Waals surface area contributed by atoms with Gasteiger partial charge in [0.25, 0.3) is 5.91 Å². The van der Waals surface area contributed by atoms with Gasteiger partial charge in [0, 0.05) is 6.54 Å². The lowest BCUT2D eigenvalue weighted by Crippen LogP contribution is -2.43. The first-order chi connectivity index (χ1) is 12.7. The van der Waals surface area contributed by atoms with Crippen LogP contribution in [0.5, 0.6) is 23.0 Å². The Bertz CT molecular complexity index is 762. The van der Waals surface area contributed by atoms with Gasteiger partial charge in [0.1, 0.15) is 6.61 Å². The predicted octanol–water partition coefficient (Wildman–Crippen LogP) is 2.94. The van der Waals surface area contributed by atoms with Crippen LogP contribution in [0.15, 0.2) is 42.5 Å². The van der Waals surface area contributed by atoms with Gasteiger partial charge < -0.3 is 24.3 Å². The summed E-state index contributed by atoms with van der Waals surface area (Å²) >= 11 is 0. The van der Waals surface area contributed by atoms with E-state index in [4.69, 9.17) is 18.9 Å². The number of amides is 1. The van der Waals surface area contributed by atoms with E-state index >= 15 is 0 Å². The minimum Gasteiger partial charge on any atom is -0.490 e. The summed E-state index contributed by atoms with van der Waals surface area (Å²) in [6.45, 7) is 5.51. The second kappa shape index (κ2) is 8.47. The average Bonchev–Trinajstić information content (AvgIpc) is 2.68. The van der Waals surface area contributed by atoms with Crippen LogP contribution in [0.3, 0.4) is 0 Å². The van der Waals surface area contributed by atoms with Gasteiger partial charge in [-0.1, -0.05) is 18.2 Å². The molecule has 0 spiro atoms. The summed E-state index contributed by atoms with van der Waals surface area (Å²) in [5.74, 6) is 2.40. The highest BCUT2D eigenvalue weighted by molar-refractivity contribution is 5.81. The van der Waals surface area contributed by atoms with Gasteiger partial charge in [-0.25, -0.2) is 0 Å². The molecule has 1 N–H and O–H groups in total. The van der Waals surface area contributed by atoms with Gasteiger partial charge in [-0.15, -0.1) is 0 Å². The summed E-state index contributed by atoms with van der Waals surface area (Å²) in [5.41, 5.74) is 0.919. The first kappa shape index (κ1) is 17.9. The van der Waals surface area contributed by atoms with Crippen molar-refractivity contribution in [3.05, 3.63) is 48.0 Å². The molecule has 0 aromatic heterocycles. The SMILES string of the molecule is CCOc1ccc(CNC(=O)C2COc3ccccc3O2)cc1OCC. The van der Waals surface area contributed by atoms with E-state index in [0.717, 1.165) is 5.56 Å². The number of hydrogen-bond acceptors (Lipinski definition) is 5. The number of hydrogen-bond donors (Lipinski definition) is 1. The molecule has 0 fully saturated rings. The van der Waals surface area contributed by atoms with Crippen LogP contribution in [-0.2, 0) is 11.3 Å². The van der Waals surface area contributed by atoms with E-state index in [9.17, 15) is 4.79 Å². The van der Waals surface area contributed by atoms with Crippen LogP contribution in [-0.4, -0.2) is 31.8 Å². The fourth-order valence-corrected chi connectivity index (χ4v) is 2.66. The number of nitrogens with one attached hydrogen (secondary N) is 1. The molecule has 1 aliphatic heterocycles. The first-order valence-electron chi connectivity index (χ1n) is 8.76. The van der Waals surface area contributed by atoms with Crippen molar-refractivity contribution in [2.75, 3.05) is 19.8 Å². The normalized spacial score (nSPS) is 15.2. The molecular weight excluding hydrogens is 334 g/mol. The Hall–Kier alpha value is -2.89. The minimum absolute atomic E-state index is 0.191. The van der Waals surface area contributed by atoms with Crippen LogP contribution in [0.2, 0.25) is 0 Å². The summed E-state index contributed by atoms with van der Waals surface area (Å²) in [4.78, 5) is 12.4. The van der Waals surface area contributed by atoms with Gasteiger partial charge in [0.2, 0.25) is 6.10 Å². The number of fused-ring (bicyclic) bond motifs is 1. The lowest BCUT2D eigenvalue weighted by atomic mass is 10.2. The second-order valence-corrected chi connectivity index (χ2v) is 5.73. The van der Waals surface area contributed by atoms with Crippen molar-refractivity contribution in [3.63, 3.8) is 0 Å². The number of para-hydroxylation sites is 2. The molecule has 0 radical (unpaired) electrons. The smallest absolute Gasteiger partial charge is 0.264 e. The van der Waals surface area contributed by atoms with Crippen LogP contribution in [0.4, 0.5) is 0 Å². The van der Waals surface area contributed by atoms with Gasteiger partial charge >= 0.3 is 0 Å². The van der Waals surface area contributed by atoms with Gasteiger partial charge in [0.05, 0.1) is 13.2 Å². The predicted molar refractivity (Wildman–Crippen MR) is 97.0 cm³/mol. The highest BCUT2D eigenvalue weighted by atomic mass is 16.6. The first-order valence-corrected chi connectivity index (χ1v) is 8.76. The molecular formula is C20H23NO5. The number of benzene rings is 2. The highest BCUT2D eigenvalue weighted by Gasteiger charge is 2.27. The number of carbonyl (C=O) groups excluding carboxylic acids is 1. The van der Waals surface area contributed by atoms with Crippen molar-refractivity contribution < 1.29 is 23.7 Å². The van der Waals surface area contributed by atoms with E-state index in [1.165, 1.54) is 0 Å². The quantitative estimate of drug-likeness (QED) is 0.825. The zero-order chi connectivity index (χ0) is 18.4. The zero-order valence-electron chi connectivity index (χ0n) is 15.0. The molecule has 2 aromatic carbocycles. The molecule has 1 heterocycles. The Kier molecular flexibility index (Phi) is 5.84. The van der Waals surface area contributed by atoms with Crippen molar-refractivity contribution in [1.82, 2.24) is 5.32 Å². The molecule has 26 heavy (non-hydrogen) atoms. The third kappa shape index (κ3) is 4.20. The molecule has 1 aliphatic rings. The van der Waals surface area contributed by atoms with E-state index in [-0.39, 0.29) is 12.5 Å². The Balaban J connectivity index is 1.60. The van der Waals surface area contributed by atoms with Gasteiger partial charge in [-0.3, -0.25) is 4.79 Å². The van der Waals surface area contributed by atoms with Gasteiger partial charge in [0.15, 0.2) is 23.0 Å². The molecule has 0 bridgehead atoms. The molecule has 6 heteroatoms. The lowest BCUT2D eigenvalue weighted by molar-refractivity contribution is -0.130. The molecule has 3 rings (SSSR count). The lowest BCUT2D eigenvalue weighted by Gasteiger charge is -2.25. The number of carbonyl (C=O) groups is 1. The third-order valence-electron chi connectivity index (χ3n) is 3.88. The fourth-order valence-electron chi connectivity index (χ4n) is 2.66. The monoisotopic (exact) mass is 357 g/mol. The van der Waals surface area contributed by atoms with Crippen LogP contribution < -0.4 is 24.3 Å². The maximum absolute atomic E-state index is 12.4. The minimum atomic E-state index is -0.668. The van der Waals surface area contributed by atoms with Crippen LogP contribution >= 0.6 is 0 Å². The van der Waals surface area contributed by atoms with E-state index in [2.05, 4.69) is 5.32 Å². The maximum atomic E-state index is 12.4. The third-order valence-corrected chi connectivity index (χ3v) is 3.88. The Morgan fingerprint density at radius 1 is 1.08 bits per heavy atom. The topological polar surface area (TPSA) is 66.0 Å². The standard InChI is InChI=1S/C20H23NO5/c1-3-23-16-10-9-14(11-18(16)24-4-2)12-21-20(22)19-13-25-15-7-5-6-8-17(15)26-19/h5-11,19H,3-4,12-13H2,1-2H3,(H,21,22). The molecule has 1 unspecified atom stereocenters. The second-order valence-electron chi connectivity index (χ2n) is 5.73. The Labute approximate surface area is 153 Å². The summed E-state index contributed by atoms with van der Waals surface area (Å²) in [5, 5.41) is 2.88. The molecule has 1 amide bonds. The summed E-state index contributed by atoms with van der Waals surface area (Å²) in [6, 6.07) is 13.0. The number of rotatable bonds is 7. The molecule has 6 nitrogen and oxygen atoms in total. The van der Waals surface area contributed by atoms with E-state index in [0.29, 0.717) is 42.8 Å². The largest absolute Gasteiger partial charge is 0.490 e. The highest BCUT2D eigenvalue weighted by Crippen LogP contribution is 2.31. The summed E-state index contributed by atoms with van der Waals surface area (Å²) in [6.07, 6.45) is -0.668. The fraction of sp³-hybridized carbons (Fsp3) is 0.350. The van der Waals surface area contributed by atoms with Crippen LogP contribution in [0.25, 0.3) is 0 Å². The van der Waals surface area contributed by atoms with Crippen molar-refractivity contribution in [2.24, 2.45) is 0 Å². The van der Waals surface area contributed by atoms with Crippen LogP contribution in [0, 0.1) is 0 Å². The van der Waals surface area contributed by atoms with Crippen LogP contribution in [0.1, 0.15) is 19.4 Å². The van der Waals surface area contributed by atoms with Crippen molar-refractivity contribution in [1.29, 1.82) is 0 Å². The molecule has 0 saturated carbocycles. The molecule has 2 aromatic rings. The van der Waals surface area contributed by atoms with Crippen molar-refractivity contribution in [3.8, 4) is 23.0 Å². The molecule has 0 saturated heterocycles. The molecule has 138 valence electrons. The van der Waals surface area contributed by atoms with Crippen molar-refractivity contribution in [2.45, 2.75) is 26.5 Å². The maximum Gasteiger partial charge on any atom is 0.264 e. The number of ether oxygens (including phenoxy) is 4. The molecule has 1 atom stereocenters. The Morgan fingerprint density at radius 3 is 2.58 bits per heavy atom.